The number of carbonyl (C=O) groups is 1. The summed E-state index contributed by atoms with van der Waals surface area (Å²) in [6.07, 6.45) is 3.59. The van der Waals surface area contributed by atoms with Gasteiger partial charge in [-0.3, -0.25) is 4.79 Å². The highest BCUT2D eigenvalue weighted by molar-refractivity contribution is 7.89. The molecule has 1 N–H and O–H groups in total. The van der Waals surface area contributed by atoms with Crippen LogP contribution in [0, 0.1) is 11.8 Å². The third-order valence-electron chi connectivity index (χ3n) is 4.89. The van der Waals surface area contributed by atoms with Gasteiger partial charge in [0.1, 0.15) is 0 Å². The molecule has 2 heterocycles. The van der Waals surface area contributed by atoms with Crippen LogP contribution in [-0.2, 0) is 14.8 Å². The fourth-order valence-corrected chi connectivity index (χ4v) is 5.51. The van der Waals surface area contributed by atoms with Gasteiger partial charge in [0.15, 0.2) is 5.13 Å². The lowest BCUT2D eigenvalue weighted by atomic mass is 9.82. The summed E-state index contributed by atoms with van der Waals surface area (Å²) in [5, 5.41) is 5.24. The summed E-state index contributed by atoms with van der Waals surface area (Å²) in [4.78, 5) is 16.7. The maximum absolute atomic E-state index is 12.8. The Morgan fingerprint density at radius 2 is 2.08 bits per heavy atom. The number of hydrogen-bond acceptors (Lipinski definition) is 5. The van der Waals surface area contributed by atoms with Gasteiger partial charge in [0.2, 0.25) is 15.9 Å². The highest BCUT2D eigenvalue weighted by Gasteiger charge is 2.35. The van der Waals surface area contributed by atoms with Crippen LogP contribution in [0.2, 0.25) is 0 Å². The zero-order chi connectivity index (χ0) is 18.6. The van der Waals surface area contributed by atoms with Gasteiger partial charge in [0.05, 0.1) is 4.90 Å². The van der Waals surface area contributed by atoms with Crippen LogP contribution in [-0.4, -0.2) is 36.7 Å². The van der Waals surface area contributed by atoms with E-state index in [1.165, 1.54) is 11.3 Å². The van der Waals surface area contributed by atoms with Gasteiger partial charge in [-0.25, -0.2) is 13.4 Å². The molecule has 2 aromatic rings. The lowest BCUT2D eigenvalue weighted by Gasteiger charge is -2.37. The first-order valence-corrected chi connectivity index (χ1v) is 11.1. The zero-order valence-electron chi connectivity index (χ0n) is 14.7. The molecule has 1 amide bonds. The molecule has 0 unspecified atom stereocenters. The molecule has 1 aliphatic rings. The summed E-state index contributed by atoms with van der Waals surface area (Å²) >= 11 is 1.39. The highest BCUT2D eigenvalue weighted by Crippen LogP contribution is 2.32. The zero-order valence-corrected chi connectivity index (χ0v) is 16.3. The monoisotopic (exact) mass is 393 g/mol. The molecule has 8 heteroatoms. The second kappa shape index (κ2) is 8.28. The van der Waals surface area contributed by atoms with Gasteiger partial charge in [0.25, 0.3) is 0 Å². The van der Waals surface area contributed by atoms with Crippen molar-refractivity contribution < 1.29 is 13.2 Å². The van der Waals surface area contributed by atoms with E-state index in [0.717, 1.165) is 6.42 Å². The Morgan fingerprint density at radius 3 is 2.73 bits per heavy atom. The van der Waals surface area contributed by atoms with Gasteiger partial charge >= 0.3 is 0 Å². The topological polar surface area (TPSA) is 79.4 Å². The number of hydrogen-bond donors (Lipinski definition) is 1. The summed E-state index contributed by atoms with van der Waals surface area (Å²) in [7, 11) is -3.47. The van der Waals surface area contributed by atoms with Crippen molar-refractivity contribution in [3.63, 3.8) is 0 Å². The summed E-state index contributed by atoms with van der Waals surface area (Å²) in [6, 6.07) is 8.54. The lowest BCUT2D eigenvalue weighted by molar-refractivity contribution is -0.117. The first-order valence-electron chi connectivity index (χ1n) is 8.75. The number of amides is 1. The fraction of sp³-hybridized carbons (Fsp3) is 0.444. The van der Waals surface area contributed by atoms with E-state index < -0.39 is 10.0 Å². The van der Waals surface area contributed by atoms with Crippen molar-refractivity contribution in [2.75, 3.05) is 18.4 Å². The standard InChI is InChI=1S/C18H23N3O3S2/c1-2-14-13-21(26(23,24)16-6-4-3-5-7-16)10-8-15(14)12-17(22)20-18-19-9-11-25-18/h3-7,9,11,14-15H,2,8,10,12-13H2,1H3,(H,19,20,22)/t14-,15+/m1/s1. The third kappa shape index (κ3) is 4.31. The Balaban J connectivity index is 1.64. The first-order chi connectivity index (χ1) is 12.5. The number of carbonyl (C=O) groups excluding carboxylic acids is 1. The van der Waals surface area contributed by atoms with E-state index in [1.54, 1.807) is 40.8 Å². The van der Waals surface area contributed by atoms with Gasteiger partial charge < -0.3 is 5.32 Å². The van der Waals surface area contributed by atoms with Gasteiger partial charge in [-0.1, -0.05) is 31.5 Å². The van der Waals surface area contributed by atoms with E-state index in [2.05, 4.69) is 17.2 Å². The molecule has 0 spiro atoms. The molecule has 0 saturated carbocycles. The second-order valence-corrected chi connectivity index (χ2v) is 9.32. The van der Waals surface area contributed by atoms with E-state index in [-0.39, 0.29) is 17.7 Å². The Bertz CT molecular complexity index is 823. The Morgan fingerprint density at radius 1 is 1.31 bits per heavy atom. The summed E-state index contributed by atoms with van der Waals surface area (Å²) in [5.41, 5.74) is 0. The SMILES string of the molecule is CC[C@@H]1CN(S(=O)(=O)c2ccccc2)CC[C@H]1CC(=O)Nc1nccs1. The van der Waals surface area contributed by atoms with Crippen LogP contribution in [0.3, 0.4) is 0 Å². The average molecular weight is 394 g/mol. The highest BCUT2D eigenvalue weighted by atomic mass is 32.2. The van der Waals surface area contributed by atoms with Crippen LogP contribution in [0.5, 0.6) is 0 Å². The minimum atomic E-state index is -3.47. The van der Waals surface area contributed by atoms with Crippen LogP contribution >= 0.6 is 11.3 Å². The third-order valence-corrected chi connectivity index (χ3v) is 7.45. The number of sulfonamides is 1. The van der Waals surface area contributed by atoms with Crippen LogP contribution in [0.1, 0.15) is 26.2 Å². The average Bonchev–Trinajstić information content (AvgIpc) is 3.15. The number of aromatic nitrogens is 1. The predicted octanol–water partition coefficient (Wildman–Crippen LogP) is 3.21. The van der Waals surface area contributed by atoms with Crippen molar-refractivity contribution in [2.24, 2.45) is 11.8 Å². The molecule has 0 radical (unpaired) electrons. The molecule has 140 valence electrons. The molecule has 1 saturated heterocycles. The van der Waals surface area contributed by atoms with Crippen molar-refractivity contribution >= 4 is 32.4 Å². The number of piperidine rings is 1. The van der Waals surface area contributed by atoms with Gasteiger partial charge in [0, 0.05) is 31.1 Å². The van der Waals surface area contributed by atoms with Gasteiger partial charge in [-0.15, -0.1) is 11.3 Å². The molecular weight excluding hydrogens is 370 g/mol. The van der Waals surface area contributed by atoms with Crippen molar-refractivity contribution in [2.45, 2.75) is 31.1 Å². The van der Waals surface area contributed by atoms with Crippen LogP contribution < -0.4 is 5.32 Å². The predicted molar refractivity (Wildman–Crippen MR) is 102 cm³/mol. The minimum Gasteiger partial charge on any atom is -0.302 e. The summed E-state index contributed by atoms with van der Waals surface area (Å²) in [5.74, 6) is 0.300. The number of thiazole rings is 1. The van der Waals surface area contributed by atoms with E-state index in [1.807, 2.05) is 5.38 Å². The van der Waals surface area contributed by atoms with E-state index in [0.29, 0.717) is 36.0 Å². The number of nitrogens with zero attached hydrogens (tertiary/aromatic N) is 2. The fourth-order valence-electron chi connectivity index (χ4n) is 3.43. The molecular formula is C18H23N3O3S2. The van der Waals surface area contributed by atoms with Crippen LogP contribution in [0.4, 0.5) is 5.13 Å². The van der Waals surface area contributed by atoms with Gasteiger partial charge in [-0.05, 0) is 30.4 Å². The number of nitrogens with one attached hydrogen (secondary N) is 1. The van der Waals surface area contributed by atoms with E-state index >= 15 is 0 Å². The Hall–Kier alpha value is -1.77. The molecule has 0 bridgehead atoms. The molecule has 0 aliphatic carbocycles. The van der Waals surface area contributed by atoms with E-state index in [4.69, 9.17) is 0 Å². The van der Waals surface area contributed by atoms with Crippen LogP contribution in [0.15, 0.2) is 46.8 Å². The van der Waals surface area contributed by atoms with Crippen molar-refractivity contribution in [1.82, 2.24) is 9.29 Å². The largest absolute Gasteiger partial charge is 0.302 e. The molecule has 26 heavy (non-hydrogen) atoms. The molecule has 3 rings (SSSR count). The minimum absolute atomic E-state index is 0.0530. The first kappa shape index (κ1) is 19.0. The lowest BCUT2D eigenvalue weighted by Crippen LogP contribution is -2.44. The van der Waals surface area contributed by atoms with Crippen molar-refractivity contribution in [3.05, 3.63) is 41.9 Å². The number of benzene rings is 1. The summed E-state index contributed by atoms with van der Waals surface area (Å²) < 4.78 is 27.2. The molecule has 1 aliphatic heterocycles. The molecule has 6 nitrogen and oxygen atoms in total. The molecule has 1 aromatic heterocycles. The van der Waals surface area contributed by atoms with Crippen LogP contribution in [0.25, 0.3) is 0 Å². The summed E-state index contributed by atoms with van der Waals surface area (Å²) in [6.45, 7) is 2.96. The normalized spacial score (nSPS) is 21.4. The smallest absolute Gasteiger partial charge is 0.243 e. The Labute approximate surface area is 158 Å². The molecule has 2 atom stereocenters. The maximum Gasteiger partial charge on any atom is 0.243 e. The number of rotatable bonds is 6. The van der Waals surface area contributed by atoms with Crippen molar-refractivity contribution in [1.29, 1.82) is 0 Å². The van der Waals surface area contributed by atoms with E-state index in [9.17, 15) is 13.2 Å². The van der Waals surface area contributed by atoms with Gasteiger partial charge in [-0.2, -0.15) is 4.31 Å². The molecule has 1 fully saturated rings. The second-order valence-electron chi connectivity index (χ2n) is 6.48. The maximum atomic E-state index is 12.8. The Kier molecular flexibility index (Phi) is 6.05. The molecule has 1 aromatic carbocycles. The number of anilines is 1. The van der Waals surface area contributed by atoms with Crippen molar-refractivity contribution in [3.8, 4) is 0 Å². The quantitative estimate of drug-likeness (QED) is 0.817.